The quantitative estimate of drug-likeness (QED) is 0.828. The van der Waals surface area contributed by atoms with Crippen molar-refractivity contribution in [3.63, 3.8) is 0 Å². The number of nitrogens with zero attached hydrogens (tertiary/aromatic N) is 1. The van der Waals surface area contributed by atoms with Crippen LogP contribution in [-0.4, -0.2) is 17.4 Å². The molecule has 1 aliphatic carbocycles. The Morgan fingerprint density at radius 1 is 1.79 bits per heavy atom. The van der Waals surface area contributed by atoms with Gasteiger partial charge in [0.1, 0.15) is 5.69 Å². The molecule has 1 fully saturated rings. The highest BCUT2D eigenvalue weighted by molar-refractivity contribution is 7.07. The summed E-state index contributed by atoms with van der Waals surface area (Å²) >= 11 is 1.45. The van der Waals surface area contributed by atoms with Crippen LogP contribution in [0, 0.1) is 11.3 Å². The summed E-state index contributed by atoms with van der Waals surface area (Å²) in [5, 5.41) is 4.68. The maximum atomic E-state index is 11.5. The minimum absolute atomic E-state index is 0.0473. The van der Waals surface area contributed by atoms with E-state index in [1.54, 1.807) is 10.9 Å². The SMILES string of the molecule is CC1(C)CC1CNC(=O)c1cscn1. The van der Waals surface area contributed by atoms with Crippen LogP contribution in [0.2, 0.25) is 0 Å². The number of hydrogen-bond acceptors (Lipinski definition) is 3. The zero-order chi connectivity index (χ0) is 10.2. The van der Waals surface area contributed by atoms with Crippen LogP contribution in [0.25, 0.3) is 0 Å². The van der Waals surface area contributed by atoms with Gasteiger partial charge in [0.05, 0.1) is 5.51 Å². The molecule has 2 rings (SSSR count). The summed E-state index contributed by atoms with van der Waals surface area (Å²) in [7, 11) is 0. The fraction of sp³-hybridized carbons (Fsp3) is 0.600. The third-order valence-electron chi connectivity index (χ3n) is 2.89. The maximum Gasteiger partial charge on any atom is 0.270 e. The third-order valence-corrected chi connectivity index (χ3v) is 3.48. The lowest BCUT2D eigenvalue weighted by molar-refractivity contribution is 0.0946. The second-order valence-corrected chi connectivity index (χ2v) is 5.19. The first kappa shape index (κ1) is 9.65. The number of hydrogen-bond donors (Lipinski definition) is 1. The van der Waals surface area contributed by atoms with Crippen molar-refractivity contribution in [1.29, 1.82) is 0 Å². The van der Waals surface area contributed by atoms with E-state index in [-0.39, 0.29) is 5.91 Å². The van der Waals surface area contributed by atoms with Gasteiger partial charge in [0.25, 0.3) is 5.91 Å². The van der Waals surface area contributed by atoms with Crippen molar-refractivity contribution in [2.75, 3.05) is 6.54 Å². The largest absolute Gasteiger partial charge is 0.350 e. The van der Waals surface area contributed by atoms with Crippen LogP contribution in [0.4, 0.5) is 0 Å². The van der Waals surface area contributed by atoms with E-state index >= 15 is 0 Å². The van der Waals surface area contributed by atoms with Crippen molar-refractivity contribution in [2.45, 2.75) is 20.3 Å². The van der Waals surface area contributed by atoms with Gasteiger partial charge in [-0.1, -0.05) is 13.8 Å². The van der Waals surface area contributed by atoms with E-state index in [4.69, 9.17) is 0 Å². The number of aromatic nitrogens is 1. The fourth-order valence-corrected chi connectivity index (χ4v) is 2.09. The summed E-state index contributed by atoms with van der Waals surface area (Å²) in [6.45, 7) is 5.24. The minimum Gasteiger partial charge on any atom is -0.350 e. The molecule has 1 atom stereocenters. The lowest BCUT2D eigenvalue weighted by atomic mass is 10.1. The zero-order valence-corrected chi connectivity index (χ0v) is 9.23. The molecule has 1 saturated carbocycles. The molecule has 1 aromatic rings. The lowest BCUT2D eigenvalue weighted by Gasteiger charge is -2.04. The van der Waals surface area contributed by atoms with Crippen molar-refractivity contribution < 1.29 is 4.79 Å². The molecule has 0 spiro atoms. The van der Waals surface area contributed by atoms with Crippen molar-refractivity contribution >= 4 is 17.2 Å². The second-order valence-electron chi connectivity index (χ2n) is 4.47. The molecule has 0 saturated heterocycles. The van der Waals surface area contributed by atoms with Gasteiger partial charge in [-0.3, -0.25) is 4.79 Å². The molecule has 0 aromatic carbocycles. The summed E-state index contributed by atoms with van der Waals surface area (Å²) < 4.78 is 0. The Hall–Kier alpha value is -0.900. The summed E-state index contributed by atoms with van der Waals surface area (Å²) in [5.41, 5.74) is 2.64. The molecule has 76 valence electrons. The number of nitrogens with one attached hydrogen (secondary N) is 1. The van der Waals surface area contributed by atoms with Crippen LogP contribution in [0.1, 0.15) is 30.8 Å². The average molecular weight is 210 g/mol. The van der Waals surface area contributed by atoms with E-state index in [0.29, 0.717) is 17.0 Å². The average Bonchev–Trinajstić information content (AvgIpc) is 2.58. The first-order valence-electron chi connectivity index (χ1n) is 4.76. The van der Waals surface area contributed by atoms with Gasteiger partial charge in [0, 0.05) is 11.9 Å². The van der Waals surface area contributed by atoms with Gasteiger partial charge in [-0.05, 0) is 17.8 Å². The Labute approximate surface area is 87.6 Å². The molecule has 1 aliphatic rings. The van der Waals surface area contributed by atoms with E-state index in [9.17, 15) is 4.79 Å². The molecule has 1 heterocycles. The normalized spacial score (nSPS) is 23.1. The van der Waals surface area contributed by atoms with Gasteiger partial charge < -0.3 is 5.32 Å². The number of carbonyl (C=O) groups is 1. The topological polar surface area (TPSA) is 42.0 Å². The van der Waals surface area contributed by atoms with E-state index in [2.05, 4.69) is 24.1 Å². The number of amides is 1. The monoisotopic (exact) mass is 210 g/mol. The van der Waals surface area contributed by atoms with Gasteiger partial charge in [-0.2, -0.15) is 0 Å². The van der Waals surface area contributed by atoms with Gasteiger partial charge >= 0.3 is 0 Å². The second kappa shape index (κ2) is 3.35. The number of rotatable bonds is 3. The van der Waals surface area contributed by atoms with Gasteiger partial charge in [0.2, 0.25) is 0 Å². The highest BCUT2D eigenvalue weighted by Crippen LogP contribution is 2.50. The highest BCUT2D eigenvalue weighted by Gasteiger charge is 2.45. The molecule has 1 aromatic heterocycles. The van der Waals surface area contributed by atoms with E-state index in [0.717, 1.165) is 6.54 Å². The summed E-state index contributed by atoms with van der Waals surface area (Å²) in [6, 6.07) is 0. The number of thiazole rings is 1. The van der Waals surface area contributed by atoms with Crippen LogP contribution >= 0.6 is 11.3 Å². The van der Waals surface area contributed by atoms with E-state index < -0.39 is 0 Å². The summed E-state index contributed by atoms with van der Waals surface area (Å²) in [6.07, 6.45) is 1.21. The molecule has 0 bridgehead atoms. The van der Waals surface area contributed by atoms with Crippen molar-refractivity contribution in [3.8, 4) is 0 Å². The Kier molecular flexibility index (Phi) is 2.31. The van der Waals surface area contributed by atoms with Crippen LogP contribution in [0.3, 0.4) is 0 Å². The van der Waals surface area contributed by atoms with Crippen LogP contribution in [0.15, 0.2) is 10.9 Å². The van der Waals surface area contributed by atoms with E-state index in [1.807, 2.05) is 0 Å². The Morgan fingerprint density at radius 3 is 3.00 bits per heavy atom. The van der Waals surface area contributed by atoms with Gasteiger partial charge in [0.15, 0.2) is 0 Å². The summed E-state index contributed by atoms with van der Waals surface area (Å²) in [5.74, 6) is 0.596. The van der Waals surface area contributed by atoms with Gasteiger partial charge in [-0.15, -0.1) is 11.3 Å². The molecule has 1 unspecified atom stereocenters. The third kappa shape index (κ3) is 1.95. The van der Waals surface area contributed by atoms with Crippen molar-refractivity contribution in [2.24, 2.45) is 11.3 Å². The molecule has 0 aliphatic heterocycles. The maximum absolute atomic E-state index is 11.5. The minimum atomic E-state index is -0.0473. The Morgan fingerprint density at radius 2 is 2.50 bits per heavy atom. The molecular formula is C10H14N2OS. The molecular weight excluding hydrogens is 196 g/mol. The first-order chi connectivity index (χ1) is 6.59. The standard InChI is InChI=1S/C10H14N2OS/c1-10(2)3-7(10)4-11-9(13)8-5-14-6-12-8/h5-7H,3-4H2,1-2H3,(H,11,13). The van der Waals surface area contributed by atoms with Crippen molar-refractivity contribution in [3.05, 3.63) is 16.6 Å². The Balaban J connectivity index is 1.80. The zero-order valence-electron chi connectivity index (χ0n) is 8.41. The predicted molar refractivity (Wildman–Crippen MR) is 56.3 cm³/mol. The molecule has 4 heteroatoms. The van der Waals surface area contributed by atoms with Crippen LogP contribution in [0.5, 0.6) is 0 Å². The van der Waals surface area contributed by atoms with Crippen LogP contribution < -0.4 is 5.32 Å². The first-order valence-corrected chi connectivity index (χ1v) is 5.70. The Bertz CT molecular complexity index is 332. The highest BCUT2D eigenvalue weighted by atomic mass is 32.1. The fourth-order valence-electron chi connectivity index (χ4n) is 1.56. The molecule has 1 N–H and O–H groups in total. The molecule has 0 radical (unpaired) electrons. The van der Waals surface area contributed by atoms with Crippen LogP contribution in [-0.2, 0) is 0 Å². The molecule has 3 nitrogen and oxygen atoms in total. The lowest BCUT2D eigenvalue weighted by Crippen LogP contribution is -2.26. The van der Waals surface area contributed by atoms with Crippen molar-refractivity contribution in [1.82, 2.24) is 10.3 Å². The number of carbonyl (C=O) groups excluding carboxylic acids is 1. The predicted octanol–water partition coefficient (Wildman–Crippen LogP) is 1.92. The summed E-state index contributed by atoms with van der Waals surface area (Å²) in [4.78, 5) is 15.4. The molecule has 14 heavy (non-hydrogen) atoms. The van der Waals surface area contributed by atoms with E-state index in [1.165, 1.54) is 17.8 Å². The molecule has 1 amide bonds. The van der Waals surface area contributed by atoms with Gasteiger partial charge in [-0.25, -0.2) is 4.98 Å². The smallest absolute Gasteiger partial charge is 0.270 e.